The lowest BCUT2D eigenvalue weighted by Crippen LogP contribution is -2.40. The fraction of sp³-hybridized carbons (Fsp3) is 0.381. The summed E-state index contributed by atoms with van der Waals surface area (Å²) in [5.74, 6) is 0.613. The first-order valence-electron chi connectivity index (χ1n) is 9.48. The lowest BCUT2D eigenvalue weighted by Gasteiger charge is -2.26. The largest absolute Gasteiger partial charge is 0.310 e. The Kier molecular flexibility index (Phi) is 5.18. The Labute approximate surface area is 163 Å². The third-order valence-electron chi connectivity index (χ3n) is 5.46. The van der Waals surface area contributed by atoms with Crippen molar-refractivity contribution in [3.63, 3.8) is 0 Å². The molecule has 1 aliphatic rings. The maximum atomic E-state index is 12.6. The smallest absolute Gasteiger partial charge is 0.239 e. The fourth-order valence-corrected chi connectivity index (χ4v) is 4.54. The normalized spacial score (nSPS) is 20.2. The molecule has 0 bridgehead atoms. The maximum absolute atomic E-state index is 12.6. The van der Waals surface area contributed by atoms with E-state index < -0.39 is 0 Å². The van der Waals surface area contributed by atoms with E-state index in [0.29, 0.717) is 24.4 Å². The summed E-state index contributed by atoms with van der Waals surface area (Å²) in [6.07, 6.45) is 7.12. The number of hydrogen-bond acceptors (Lipinski definition) is 5. The first-order chi connectivity index (χ1) is 13.1. The molecule has 3 heterocycles. The Hall–Kier alpha value is -2.31. The number of pyridine rings is 1. The van der Waals surface area contributed by atoms with Gasteiger partial charge in [0.05, 0.1) is 16.9 Å². The van der Waals surface area contributed by atoms with Crippen LogP contribution in [0.4, 0.5) is 5.82 Å². The van der Waals surface area contributed by atoms with Crippen LogP contribution in [0.2, 0.25) is 0 Å². The molecule has 0 saturated carbocycles. The van der Waals surface area contributed by atoms with Gasteiger partial charge in [-0.2, -0.15) is 0 Å². The molecular formula is C21H24N4OS. The van der Waals surface area contributed by atoms with Crippen LogP contribution in [-0.2, 0) is 4.79 Å². The predicted molar refractivity (Wildman–Crippen MR) is 111 cm³/mol. The molecule has 3 aromatic rings. The minimum absolute atomic E-state index is 0.00709. The van der Waals surface area contributed by atoms with Crippen molar-refractivity contribution in [2.45, 2.75) is 45.2 Å². The molecule has 1 N–H and O–H groups in total. The molecule has 0 aliphatic carbocycles. The molecule has 5 nitrogen and oxygen atoms in total. The molecule has 2 aromatic heterocycles. The highest BCUT2D eigenvalue weighted by molar-refractivity contribution is 7.13. The van der Waals surface area contributed by atoms with Crippen LogP contribution in [0.5, 0.6) is 0 Å². The number of benzene rings is 1. The molecule has 0 spiro atoms. The zero-order valence-corrected chi connectivity index (χ0v) is 16.5. The van der Waals surface area contributed by atoms with Crippen molar-refractivity contribution in [3.05, 3.63) is 42.2 Å². The molecule has 1 aliphatic heterocycles. The van der Waals surface area contributed by atoms with E-state index in [4.69, 9.17) is 0 Å². The molecule has 1 saturated heterocycles. The van der Waals surface area contributed by atoms with Crippen LogP contribution in [0.25, 0.3) is 21.2 Å². The Bertz CT molecular complexity index is 941. The van der Waals surface area contributed by atoms with E-state index in [1.807, 2.05) is 24.0 Å². The second kappa shape index (κ2) is 7.74. The quantitative estimate of drug-likeness (QED) is 0.705. The number of thiazole rings is 1. The average Bonchev–Trinajstić information content (AvgIpc) is 3.32. The van der Waals surface area contributed by atoms with Gasteiger partial charge in [0.2, 0.25) is 5.91 Å². The molecule has 0 radical (unpaired) electrons. The van der Waals surface area contributed by atoms with Gasteiger partial charge in [-0.05, 0) is 49.3 Å². The summed E-state index contributed by atoms with van der Waals surface area (Å²) >= 11 is 1.62. The summed E-state index contributed by atoms with van der Waals surface area (Å²) in [7, 11) is 0. The van der Waals surface area contributed by atoms with E-state index in [1.54, 1.807) is 11.3 Å². The number of amides is 1. The van der Waals surface area contributed by atoms with Gasteiger partial charge >= 0.3 is 0 Å². The summed E-state index contributed by atoms with van der Waals surface area (Å²) in [6.45, 7) is 4.83. The first kappa shape index (κ1) is 18.1. The monoisotopic (exact) mass is 380 g/mol. The van der Waals surface area contributed by atoms with E-state index in [9.17, 15) is 4.79 Å². The minimum atomic E-state index is 0.00709. The van der Waals surface area contributed by atoms with E-state index in [2.05, 4.69) is 52.2 Å². The third-order valence-corrected chi connectivity index (χ3v) is 6.28. The van der Waals surface area contributed by atoms with Crippen molar-refractivity contribution in [1.82, 2.24) is 14.9 Å². The summed E-state index contributed by atoms with van der Waals surface area (Å²) in [6, 6.07) is 9.18. The minimum Gasteiger partial charge on any atom is -0.310 e. The van der Waals surface area contributed by atoms with E-state index in [0.717, 1.165) is 27.6 Å². The zero-order chi connectivity index (χ0) is 18.8. The number of likely N-dealkylation sites (tertiary alicyclic amines) is 1. The first-order valence-corrected chi connectivity index (χ1v) is 10.4. The van der Waals surface area contributed by atoms with Crippen molar-refractivity contribution < 1.29 is 4.79 Å². The topological polar surface area (TPSA) is 58.1 Å². The SMILES string of the molecule is CCC1CCC(C)N1CC(=O)Nc1cc2cc(-c3cncs3)ccc2cn1. The van der Waals surface area contributed by atoms with Gasteiger partial charge in [0.15, 0.2) is 0 Å². The van der Waals surface area contributed by atoms with Crippen LogP contribution >= 0.6 is 11.3 Å². The lowest BCUT2D eigenvalue weighted by atomic mass is 10.1. The second-order valence-electron chi connectivity index (χ2n) is 7.21. The molecule has 2 atom stereocenters. The maximum Gasteiger partial charge on any atom is 0.239 e. The van der Waals surface area contributed by atoms with Crippen LogP contribution in [0.3, 0.4) is 0 Å². The average molecular weight is 381 g/mol. The van der Waals surface area contributed by atoms with Gasteiger partial charge < -0.3 is 5.32 Å². The van der Waals surface area contributed by atoms with Crippen LogP contribution in [0, 0.1) is 0 Å². The highest BCUT2D eigenvalue weighted by Crippen LogP contribution is 2.28. The summed E-state index contributed by atoms with van der Waals surface area (Å²) in [4.78, 5) is 24.6. The van der Waals surface area contributed by atoms with Crippen molar-refractivity contribution in [1.29, 1.82) is 0 Å². The van der Waals surface area contributed by atoms with Crippen molar-refractivity contribution in [2.24, 2.45) is 0 Å². The van der Waals surface area contributed by atoms with Crippen LogP contribution in [-0.4, -0.2) is 39.4 Å². The Balaban J connectivity index is 1.50. The number of carbonyl (C=O) groups excluding carboxylic acids is 1. The van der Waals surface area contributed by atoms with Gasteiger partial charge in [-0.1, -0.05) is 19.1 Å². The van der Waals surface area contributed by atoms with E-state index >= 15 is 0 Å². The standard InChI is InChI=1S/C21H24N4OS/c1-3-18-7-4-14(2)25(18)12-21(26)24-20-9-17-8-15(19-11-22-13-27-19)5-6-16(17)10-23-20/h5-6,8-11,13-14,18H,3-4,7,12H2,1-2H3,(H,23,24,26). The van der Waals surface area contributed by atoms with Gasteiger partial charge in [0.25, 0.3) is 0 Å². The fourth-order valence-electron chi connectivity index (χ4n) is 3.92. The highest BCUT2D eigenvalue weighted by atomic mass is 32.1. The van der Waals surface area contributed by atoms with E-state index in [-0.39, 0.29) is 5.91 Å². The number of hydrogen-bond donors (Lipinski definition) is 1. The third kappa shape index (κ3) is 3.87. The van der Waals surface area contributed by atoms with Crippen molar-refractivity contribution in [3.8, 4) is 10.4 Å². The highest BCUT2D eigenvalue weighted by Gasteiger charge is 2.30. The Morgan fingerprint density at radius 1 is 1.26 bits per heavy atom. The molecule has 6 heteroatoms. The van der Waals surface area contributed by atoms with Crippen molar-refractivity contribution >= 4 is 33.8 Å². The Morgan fingerprint density at radius 2 is 2.15 bits per heavy atom. The molecule has 1 fully saturated rings. The number of nitrogens with zero attached hydrogens (tertiary/aromatic N) is 3. The number of fused-ring (bicyclic) bond motifs is 1. The molecule has 4 rings (SSSR count). The van der Waals surface area contributed by atoms with Crippen LogP contribution in [0.15, 0.2) is 42.2 Å². The molecule has 27 heavy (non-hydrogen) atoms. The number of nitrogens with one attached hydrogen (secondary N) is 1. The number of carbonyl (C=O) groups is 1. The number of aromatic nitrogens is 2. The van der Waals surface area contributed by atoms with Crippen LogP contribution in [0.1, 0.15) is 33.1 Å². The molecule has 2 unspecified atom stereocenters. The van der Waals surface area contributed by atoms with Crippen LogP contribution < -0.4 is 5.32 Å². The summed E-state index contributed by atoms with van der Waals surface area (Å²) in [5.41, 5.74) is 2.96. The zero-order valence-electron chi connectivity index (χ0n) is 15.7. The number of rotatable bonds is 5. The molecular weight excluding hydrogens is 356 g/mol. The van der Waals surface area contributed by atoms with Crippen molar-refractivity contribution in [2.75, 3.05) is 11.9 Å². The Morgan fingerprint density at radius 3 is 2.93 bits per heavy atom. The van der Waals surface area contributed by atoms with Gasteiger partial charge in [-0.3, -0.25) is 14.7 Å². The van der Waals surface area contributed by atoms with Gasteiger partial charge in [0.1, 0.15) is 5.82 Å². The number of anilines is 1. The summed E-state index contributed by atoms with van der Waals surface area (Å²) < 4.78 is 0. The van der Waals surface area contributed by atoms with Gasteiger partial charge in [-0.25, -0.2) is 4.98 Å². The molecule has 1 amide bonds. The lowest BCUT2D eigenvalue weighted by molar-refractivity contribution is -0.118. The second-order valence-corrected chi connectivity index (χ2v) is 8.09. The summed E-state index contributed by atoms with van der Waals surface area (Å²) in [5, 5.41) is 5.10. The van der Waals surface area contributed by atoms with Gasteiger partial charge in [0, 0.05) is 29.9 Å². The van der Waals surface area contributed by atoms with E-state index in [1.165, 1.54) is 12.8 Å². The predicted octanol–water partition coefficient (Wildman–Crippen LogP) is 4.56. The van der Waals surface area contributed by atoms with Gasteiger partial charge in [-0.15, -0.1) is 11.3 Å². The molecule has 140 valence electrons. The molecule has 1 aromatic carbocycles.